The van der Waals surface area contributed by atoms with Crippen LogP contribution < -0.4 is 0 Å². The average Bonchev–Trinajstić information content (AvgIpc) is 2.22. The first-order valence-electron chi connectivity index (χ1n) is 6.00. The first-order chi connectivity index (χ1) is 7.14. The maximum atomic E-state index is 7.95. The Kier molecular flexibility index (Phi) is 4.58. The fourth-order valence-electron chi connectivity index (χ4n) is 2.22. The zero-order valence-electron chi connectivity index (χ0n) is 10.1. The van der Waals surface area contributed by atoms with Crippen molar-refractivity contribution in [3.63, 3.8) is 0 Å². The Morgan fingerprint density at radius 3 is 2.33 bits per heavy atom. The Morgan fingerprint density at radius 2 is 1.87 bits per heavy atom. The lowest BCUT2D eigenvalue weighted by Crippen LogP contribution is -2.45. The van der Waals surface area contributed by atoms with E-state index in [9.17, 15) is 0 Å². The third kappa shape index (κ3) is 2.94. The normalized spacial score (nSPS) is 31.3. The molecule has 0 atom stereocenters. The second-order valence-corrected chi connectivity index (χ2v) is 4.37. The number of hydrogen-bond donors (Lipinski definition) is 1. The average molecular weight is 213 g/mol. The zero-order valence-corrected chi connectivity index (χ0v) is 10.1. The fraction of sp³-hybridized carbons (Fsp3) is 0.917. The standard InChI is InChI=1S/C12H23NO2/c1-4-14-11(13)12(15-5-2)8-6-10(3)7-9-12/h10,13H,4-9H2,1-3H3. The highest BCUT2D eigenvalue weighted by Crippen LogP contribution is 2.35. The van der Waals surface area contributed by atoms with Crippen LogP contribution >= 0.6 is 0 Å². The lowest BCUT2D eigenvalue weighted by Gasteiger charge is -2.38. The quantitative estimate of drug-likeness (QED) is 0.576. The van der Waals surface area contributed by atoms with Crippen LogP contribution in [0.15, 0.2) is 0 Å². The Balaban J connectivity index is 2.65. The Morgan fingerprint density at radius 1 is 1.27 bits per heavy atom. The highest BCUT2D eigenvalue weighted by Gasteiger charge is 2.40. The van der Waals surface area contributed by atoms with Crippen LogP contribution in [-0.2, 0) is 9.47 Å². The first-order valence-corrected chi connectivity index (χ1v) is 6.00. The lowest BCUT2D eigenvalue weighted by atomic mass is 9.79. The van der Waals surface area contributed by atoms with Crippen molar-refractivity contribution in [2.75, 3.05) is 13.2 Å². The van der Waals surface area contributed by atoms with Gasteiger partial charge in [0.1, 0.15) is 5.60 Å². The van der Waals surface area contributed by atoms with Crippen molar-refractivity contribution >= 4 is 5.90 Å². The van der Waals surface area contributed by atoms with E-state index in [0.717, 1.165) is 31.6 Å². The van der Waals surface area contributed by atoms with Crippen LogP contribution in [0.1, 0.15) is 46.5 Å². The zero-order chi connectivity index (χ0) is 11.3. The molecule has 3 heteroatoms. The third-order valence-corrected chi connectivity index (χ3v) is 3.21. The molecule has 0 aromatic carbocycles. The molecular weight excluding hydrogens is 190 g/mol. The van der Waals surface area contributed by atoms with Gasteiger partial charge in [0.15, 0.2) is 0 Å². The Hall–Kier alpha value is -0.570. The van der Waals surface area contributed by atoms with Crippen molar-refractivity contribution in [1.29, 1.82) is 5.41 Å². The van der Waals surface area contributed by atoms with E-state index < -0.39 is 5.60 Å². The van der Waals surface area contributed by atoms with Crippen LogP contribution in [0.2, 0.25) is 0 Å². The SMILES string of the molecule is CCOC(=N)C1(OCC)CCC(C)CC1. The molecule has 1 fully saturated rings. The molecule has 0 amide bonds. The molecule has 0 saturated heterocycles. The summed E-state index contributed by atoms with van der Waals surface area (Å²) >= 11 is 0. The largest absolute Gasteiger partial charge is 0.479 e. The molecule has 0 unspecified atom stereocenters. The van der Waals surface area contributed by atoms with Crippen molar-refractivity contribution in [1.82, 2.24) is 0 Å². The molecule has 0 aromatic heterocycles. The maximum Gasteiger partial charge on any atom is 0.213 e. The van der Waals surface area contributed by atoms with Crippen molar-refractivity contribution in [2.24, 2.45) is 5.92 Å². The lowest BCUT2D eigenvalue weighted by molar-refractivity contribution is -0.0358. The molecule has 1 rings (SSSR count). The summed E-state index contributed by atoms with van der Waals surface area (Å²) in [5.41, 5.74) is -0.419. The Bertz CT molecular complexity index is 208. The van der Waals surface area contributed by atoms with Crippen LogP contribution in [0.4, 0.5) is 0 Å². The number of nitrogens with one attached hydrogen (secondary N) is 1. The van der Waals surface area contributed by atoms with Gasteiger partial charge in [-0.1, -0.05) is 6.92 Å². The van der Waals surface area contributed by atoms with Crippen molar-refractivity contribution in [3.05, 3.63) is 0 Å². The predicted octanol–water partition coefficient (Wildman–Crippen LogP) is 2.99. The fourth-order valence-corrected chi connectivity index (χ4v) is 2.22. The molecule has 0 aliphatic heterocycles. The van der Waals surface area contributed by atoms with E-state index in [2.05, 4.69) is 6.92 Å². The minimum absolute atomic E-state index is 0.332. The highest BCUT2D eigenvalue weighted by atomic mass is 16.5. The van der Waals surface area contributed by atoms with Crippen molar-refractivity contribution in [3.8, 4) is 0 Å². The molecular formula is C12H23NO2. The van der Waals surface area contributed by atoms with Gasteiger partial charge in [0, 0.05) is 6.61 Å². The van der Waals surface area contributed by atoms with Gasteiger partial charge < -0.3 is 9.47 Å². The van der Waals surface area contributed by atoms with E-state index in [1.54, 1.807) is 0 Å². The highest BCUT2D eigenvalue weighted by molar-refractivity contribution is 5.82. The number of rotatable bonds is 4. The summed E-state index contributed by atoms with van der Waals surface area (Å²) in [4.78, 5) is 0. The molecule has 1 saturated carbocycles. The van der Waals surface area contributed by atoms with Gasteiger partial charge in [0.05, 0.1) is 6.61 Å². The van der Waals surface area contributed by atoms with Gasteiger partial charge in [-0.3, -0.25) is 5.41 Å². The summed E-state index contributed by atoms with van der Waals surface area (Å²) in [5.74, 6) is 1.09. The van der Waals surface area contributed by atoms with Crippen molar-refractivity contribution < 1.29 is 9.47 Å². The second kappa shape index (κ2) is 5.50. The summed E-state index contributed by atoms with van der Waals surface area (Å²) < 4.78 is 11.1. The van der Waals surface area contributed by atoms with Gasteiger partial charge in [-0.05, 0) is 45.4 Å². The van der Waals surface area contributed by atoms with E-state index >= 15 is 0 Å². The minimum Gasteiger partial charge on any atom is -0.479 e. The summed E-state index contributed by atoms with van der Waals surface area (Å²) in [6, 6.07) is 0. The van der Waals surface area contributed by atoms with E-state index in [-0.39, 0.29) is 0 Å². The molecule has 1 aliphatic carbocycles. The molecule has 88 valence electrons. The monoisotopic (exact) mass is 213 g/mol. The van der Waals surface area contributed by atoms with E-state index in [1.807, 2.05) is 13.8 Å². The molecule has 0 aromatic rings. The summed E-state index contributed by atoms with van der Waals surface area (Å²) in [6.45, 7) is 7.38. The number of hydrogen-bond acceptors (Lipinski definition) is 3. The molecule has 15 heavy (non-hydrogen) atoms. The minimum atomic E-state index is -0.419. The van der Waals surface area contributed by atoms with E-state index in [0.29, 0.717) is 19.1 Å². The smallest absolute Gasteiger partial charge is 0.213 e. The predicted molar refractivity (Wildman–Crippen MR) is 61.3 cm³/mol. The first kappa shape index (κ1) is 12.5. The van der Waals surface area contributed by atoms with Gasteiger partial charge in [-0.25, -0.2) is 0 Å². The number of ether oxygens (including phenoxy) is 2. The van der Waals surface area contributed by atoms with Crippen LogP contribution in [0.25, 0.3) is 0 Å². The molecule has 0 spiro atoms. The molecule has 1 aliphatic rings. The molecule has 1 N–H and O–H groups in total. The molecule has 0 radical (unpaired) electrons. The Labute approximate surface area is 92.7 Å². The van der Waals surface area contributed by atoms with Gasteiger partial charge >= 0.3 is 0 Å². The second-order valence-electron chi connectivity index (χ2n) is 4.37. The van der Waals surface area contributed by atoms with Gasteiger partial charge in [-0.15, -0.1) is 0 Å². The maximum absolute atomic E-state index is 7.95. The molecule has 0 heterocycles. The van der Waals surface area contributed by atoms with E-state index in [1.165, 1.54) is 0 Å². The molecule has 0 bridgehead atoms. The van der Waals surface area contributed by atoms with Crippen molar-refractivity contribution in [2.45, 2.75) is 52.1 Å². The summed E-state index contributed by atoms with van der Waals surface area (Å²) in [7, 11) is 0. The topological polar surface area (TPSA) is 42.3 Å². The van der Waals surface area contributed by atoms with Gasteiger partial charge in [-0.2, -0.15) is 0 Å². The van der Waals surface area contributed by atoms with Gasteiger partial charge in [0.2, 0.25) is 5.90 Å². The molecule has 3 nitrogen and oxygen atoms in total. The van der Waals surface area contributed by atoms with Crippen LogP contribution in [0.3, 0.4) is 0 Å². The van der Waals surface area contributed by atoms with Crippen LogP contribution in [0, 0.1) is 11.3 Å². The van der Waals surface area contributed by atoms with Crippen LogP contribution in [0.5, 0.6) is 0 Å². The summed E-state index contributed by atoms with van der Waals surface area (Å²) in [5, 5.41) is 7.95. The third-order valence-electron chi connectivity index (χ3n) is 3.21. The summed E-state index contributed by atoms with van der Waals surface area (Å²) in [6.07, 6.45) is 4.13. The van der Waals surface area contributed by atoms with Gasteiger partial charge in [0.25, 0.3) is 0 Å². The van der Waals surface area contributed by atoms with Crippen LogP contribution in [-0.4, -0.2) is 24.7 Å². The van der Waals surface area contributed by atoms with E-state index in [4.69, 9.17) is 14.9 Å².